The molecule has 0 amide bonds. The summed E-state index contributed by atoms with van der Waals surface area (Å²) in [6.45, 7) is 10.00. The van der Waals surface area contributed by atoms with E-state index >= 15 is 0 Å². The molecule has 0 N–H and O–H groups in total. The molecular weight excluding hydrogens is 190 g/mol. The van der Waals surface area contributed by atoms with Gasteiger partial charge in [-0.1, -0.05) is 0 Å². The summed E-state index contributed by atoms with van der Waals surface area (Å²) < 4.78 is 4.82. The Kier molecular flexibility index (Phi) is 2.34. The summed E-state index contributed by atoms with van der Waals surface area (Å²) in [6, 6.07) is 0.513. The topological polar surface area (TPSA) is 29.5 Å². The molecular formula is C12H21NO2. The van der Waals surface area contributed by atoms with Crippen molar-refractivity contribution in [3.05, 3.63) is 0 Å². The molecule has 0 aromatic heterocycles. The molecule has 1 saturated carbocycles. The standard InChI is InChI=1S/C12H21NO2/c1-7-9-8(10(9)11(14)15-5)6-13(7)12(2,3)4/h7-10H,6H2,1-5H3/t7?,8-,9+,10?/m1/s1. The van der Waals surface area contributed by atoms with Crippen molar-refractivity contribution in [2.45, 2.75) is 39.3 Å². The molecule has 1 saturated heterocycles. The molecule has 0 bridgehead atoms. The third-order valence-corrected chi connectivity index (χ3v) is 4.02. The SMILES string of the molecule is COC(=O)C1[C@H]2C(C)N(C(C)(C)C)C[C@@H]12. The van der Waals surface area contributed by atoms with Crippen LogP contribution < -0.4 is 0 Å². The van der Waals surface area contributed by atoms with Gasteiger partial charge in [0.25, 0.3) is 0 Å². The van der Waals surface area contributed by atoms with E-state index in [2.05, 4.69) is 32.6 Å². The van der Waals surface area contributed by atoms with E-state index < -0.39 is 0 Å². The van der Waals surface area contributed by atoms with Crippen molar-refractivity contribution in [2.75, 3.05) is 13.7 Å². The summed E-state index contributed by atoms with van der Waals surface area (Å²) in [7, 11) is 1.49. The number of methoxy groups -OCH3 is 1. The predicted molar refractivity (Wildman–Crippen MR) is 58.4 cm³/mol. The van der Waals surface area contributed by atoms with Crippen LogP contribution in [0.2, 0.25) is 0 Å². The van der Waals surface area contributed by atoms with Gasteiger partial charge in [0.2, 0.25) is 0 Å². The number of piperidine rings is 1. The monoisotopic (exact) mass is 211 g/mol. The Hall–Kier alpha value is -0.570. The lowest BCUT2D eigenvalue weighted by Gasteiger charge is -2.38. The predicted octanol–water partition coefficient (Wildman–Crippen LogP) is 1.52. The first-order valence-corrected chi connectivity index (χ1v) is 5.72. The summed E-state index contributed by atoms with van der Waals surface area (Å²) in [4.78, 5) is 14.0. The number of carbonyl (C=O) groups is 1. The minimum Gasteiger partial charge on any atom is -0.469 e. The Morgan fingerprint density at radius 1 is 1.40 bits per heavy atom. The van der Waals surface area contributed by atoms with Gasteiger partial charge in [0.05, 0.1) is 13.0 Å². The maximum Gasteiger partial charge on any atom is 0.309 e. The number of hydrogen-bond acceptors (Lipinski definition) is 3. The van der Waals surface area contributed by atoms with E-state index in [1.807, 2.05) is 0 Å². The second-order valence-corrected chi connectivity index (χ2v) is 5.85. The van der Waals surface area contributed by atoms with Crippen LogP contribution in [0.25, 0.3) is 0 Å². The zero-order chi connectivity index (χ0) is 11.4. The van der Waals surface area contributed by atoms with E-state index in [4.69, 9.17) is 4.74 Å². The zero-order valence-electron chi connectivity index (χ0n) is 10.3. The van der Waals surface area contributed by atoms with Gasteiger partial charge in [-0.3, -0.25) is 9.69 Å². The minimum atomic E-state index is -0.00888. The highest BCUT2D eigenvalue weighted by atomic mass is 16.5. The maximum atomic E-state index is 11.4. The average Bonchev–Trinajstić information content (AvgIpc) is 2.75. The molecule has 3 nitrogen and oxygen atoms in total. The molecule has 1 aliphatic carbocycles. The van der Waals surface area contributed by atoms with Crippen molar-refractivity contribution >= 4 is 5.97 Å². The fraction of sp³-hybridized carbons (Fsp3) is 0.917. The van der Waals surface area contributed by atoms with Gasteiger partial charge in [-0.2, -0.15) is 0 Å². The first kappa shape index (κ1) is 10.9. The fourth-order valence-electron chi connectivity index (χ4n) is 3.25. The lowest BCUT2D eigenvalue weighted by molar-refractivity contribution is -0.143. The second kappa shape index (κ2) is 3.21. The summed E-state index contributed by atoms with van der Waals surface area (Å²) >= 11 is 0. The van der Waals surface area contributed by atoms with Crippen LogP contribution in [-0.4, -0.2) is 36.1 Å². The van der Waals surface area contributed by atoms with Gasteiger partial charge < -0.3 is 4.74 Å². The first-order valence-electron chi connectivity index (χ1n) is 5.72. The van der Waals surface area contributed by atoms with E-state index in [0.29, 0.717) is 17.9 Å². The van der Waals surface area contributed by atoms with Crippen molar-refractivity contribution in [1.29, 1.82) is 0 Å². The quantitative estimate of drug-likeness (QED) is 0.616. The number of nitrogens with zero attached hydrogens (tertiary/aromatic N) is 1. The number of esters is 1. The molecule has 2 rings (SSSR count). The molecule has 86 valence electrons. The van der Waals surface area contributed by atoms with E-state index in [1.165, 1.54) is 7.11 Å². The van der Waals surface area contributed by atoms with Gasteiger partial charge in [-0.15, -0.1) is 0 Å². The smallest absolute Gasteiger partial charge is 0.309 e. The average molecular weight is 211 g/mol. The largest absolute Gasteiger partial charge is 0.469 e. The molecule has 2 aliphatic rings. The Balaban J connectivity index is 2.02. The number of likely N-dealkylation sites (tertiary alicyclic amines) is 1. The van der Waals surface area contributed by atoms with E-state index in [0.717, 1.165) is 6.54 Å². The lowest BCUT2D eigenvalue weighted by Crippen LogP contribution is -2.46. The third-order valence-electron chi connectivity index (χ3n) is 4.02. The molecule has 4 atom stereocenters. The lowest BCUT2D eigenvalue weighted by atomic mass is 10.0. The highest BCUT2D eigenvalue weighted by Gasteiger charge is 2.64. The highest BCUT2D eigenvalue weighted by Crippen LogP contribution is 2.57. The number of rotatable bonds is 1. The van der Waals surface area contributed by atoms with Crippen molar-refractivity contribution < 1.29 is 9.53 Å². The Labute approximate surface area is 91.8 Å². The van der Waals surface area contributed by atoms with Crippen LogP contribution in [0.15, 0.2) is 0 Å². The van der Waals surface area contributed by atoms with E-state index in [9.17, 15) is 4.79 Å². The summed E-state index contributed by atoms with van der Waals surface area (Å²) in [6.07, 6.45) is 0. The van der Waals surface area contributed by atoms with E-state index in [-0.39, 0.29) is 17.4 Å². The molecule has 1 heterocycles. The van der Waals surface area contributed by atoms with Crippen LogP contribution >= 0.6 is 0 Å². The highest BCUT2D eigenvalue weighted by molar-refractivity contribution is 5.77. The maximum absolute atomic E-state index is 11.4. The van der Waals surface area contributed by atoms with Crippen molar-refractivity contribution in [3.63, 3.8) is 0 Å². The van der Waals surface area contributed by atoms with Gasteiger partial charge in [-0.25, -0.2) is 0 Å². The number of fused-ring (bicyclic) bond motifs is 1. The number of carbonyl (C=O) groups excluding carboxylic acids is 1. The van der Waals surface area contributed by atoms with Crippen LogP contribution in [-0.2, 0) is 9.53 Å². The third kappa shape index (κ3) is 1.57. The fourth-order valence-corrected chi connectivity index (χ4v) is 3.25. The molecule has 2 fully saturated rings. The van der Waals surface area contributed by atoms with Crippen LogP contribution in [0.5, 0.6) is 0 Å². The van der Waals surface area contributed by atoms with Gasteiger partial charge in [-0.05, 0) is 39.5 Å². The summed E-state index contributed by atoms with van der Waals surface area (Å²) in [5, 5.41) is 0. The van der Waals surface area contributed by atoms with Crippen molar-refractivity contribution in [1.82, 2.24) is 4.90 Å². The number of ether oxygens (including phenoxy) is 1. The van der Waals surface area contributed by atoms with Crippen LogP contribution in [0, 0.1) is 17.8 Å². The molecule has 0 aromatic rings. The zero-order valence-corrected chi connectivity index (χ0v) is 10.3. The van der Waals surface area contributed by atoms with Crippen molar-refractivity contribution in [2.24, 2.45) is 17.8 Å². The Morgan fingerprint density at radius 3 is 2.33 bits per heavy atom. The summed E-state index contributed by atoms with van der Waals surface area (Å²) in [5.74, 6) is 1.26. The van der Waals surface area contributed by atoms with Crippen LogP contribution in [0.3, 0.4) is 0 Å². The number of hydrogen-bond donors (Lipinski definition) is 0. The molecule has 3 heteroatoms. The molecule has 2 unspecified atom stereocenters. The van der Waals surface area contributed by atoms with Gasteiger partial charge >= 0.3 is 5.97 Å². The van der Waals surface area contributed by atoms with Gasteiger partial charge in [0.15, 0.2) is 0 Å². The molecule has 0 radical (unpaired) electrons. The Morgan fingerprint density at radius 2 is 2.00 bits per heavy atom. The van der Waals surface area contributed by atoms with Gasteiger partial charge in [0, 0.05) is 18.1 Å². The normalized spacial score (nSPS) is 40.1. The Bertz CT molecular complexity index is 282. The van der Waals surface area contributed by atoms with Gasteiger partial charge in [0.1, 0.15) is 0 Å². The molecule has 15 heavy (non-hydrogen) atoms. The van der Waals surface area contributed by atoms with Crippen LogP contribution in [0.1, 0.15) is 27.7 Å². The first-order chi connectivity index (χ1) is 6.88. The second-order valence-electron chi connectivity index (χ2n) is 5.85. The molecule has 1 aliphatic heterocycles. The molecule has 0 spiro atoms. The van der Waals surface area contributed by atoms with Crippen molar-refractivity contribution in [3.8, 4) is 0 Å². The minimum absolute atomic E-state index is 0.00888. The molecule has 0 aromatic carbocycles. The summed E-state index contributed by atoms with van der Waals surface area (Å²) in [5.41, 5.74) is 0.216. The van der Waals surface area contributed by atoms with Crippen LogP contribution in [0.4, 0.5) is 0 Å². The van der Waals surface area contributed by atoms with E-state index in [1.54, 1.807) is 0 Å².